The third-order valence-corrected chi connectivity index (χ3v) is 8.35. The summed E-state index contributed by atoms with van der Waals surface area (Å²) < 4.78 is 45.4. The smallest absolute Gasteiger partial charge is 0.351 e. The predicted molar refractivity (Wildman–Crippen MR) is 172 cm³/mol. The van der Waals surface area contributed by atoms with Crippen LogP contribution in [0.4, 0.5) is 18.9 Å². The molecule has 2 aromatic carbocycles. The van der Waals surface area contributed by atoms with Gasteiger partial charge in [0, 0.05) is 74.5 Å². The lowest BCUT2D eigenvalue weighted by atomic mass is 9.87. The number of imidazole rings is 1. The highest BCUT2D eigenvalue weighted by Gasteiger charge is 2.39. The molecule has 0 atom stereocenters. The zero-order valence-corrected chi connectivity index (χ0v) is 26.6. The first kappa shape index (κ1) is 31.9. The van der Waals surface area contributed by atoms with Crippen LogP contribution in [0, 0.1) is 0 Å². The van der Waals surface area contributed by atoms with Gasteiger partial charge in [0.2, 0.25) is 0 Å². The van der Waals surface area contributed by atoms with Crippen LogP contribution in [0.3, 0.4) is 0 Å². The number of aromatic nitrogens is 5. The van der Waals surface area contributed by atoms with E-state index in [0.717, 1.165) is 10.2 Å². The van der Waals surface area contributed by atoms with Crippen molar-refractivity contribution in [2.45, 2.75) is 32.5 Å². The van der Waals surface area contributed by atoms with E-state index in [1.807, 2.05) is 38.1 Å². The molecule has 0 saturated carbocycles. The van der Waals surface area contributed by atoms with E-state index in [1.54, 1.807) is 52.6 Å². The quantitative estimate of drug-likeness (QED) is 0.244. The Morgan fingerprint density at radius 3 is 2.55 bits per heavy atom. The maximum absolute atomic E-state index is 14.4. The van der Waals surface area contributed by atoms with Crippen LogP contribution in [-0.2, 0) is 32.6 Å². The minimum atomic E-state index is -4.68. The van der Waals surface area contributed by atoms with E-state index in [2.05, 4.69) is 20.4 Å². The molecule has 10 nitrogen and oxygen atoms in total. The van der Waals surface area contributed by atoms with E-state index in [-0.39, 0.29) is 23.9 Å². The lowest BCUT2D eigenvalue weighted by molar-refractivity contribution is -0.141. The Balaban J connectivity index is 1.46. The fraction of sp³-hybridized carbons (Fsp3) is 0.324. The number of benzene rings is 2. The molecule has 0 fully saturated rings. The number of carbonyl (C=O) groups is 2. The number of halogens is 3. The first-order chi connectivity index (χ1) is 22.4. The summed E-state index contributed by atoms with van der Waals surface area (Å²) in [5, 5.41) is 7.35. The Morgan fingerprint density at radius 2 is 1.85 bits per heavy atom. The Bertz CT molecular complexity index is 1960. The number of alkyl halides is 3. The van der Waals surface area contributed by atoms with Gasteiger partial charge < -0.3 is 19.7 Å². The van der Waals surface area contributed by atoms with Gasteiger partial charge in [-0.3, -0.25) is 19.3 Å². The van der Waals surface area contributed by atoms with Crippen molar-refractivity contribution in [3.8, 4) is 11.1 Å². The van der Waals surface area contributed by atoms with Gasteiger partial charge in [-0.05, 0) is 79.5 Å². The van der Waals surface area contributed by atoms with Gasteiger partial charge in [0.15, 0.2) is 5.69 Å². The van der Waals surface area contributed by atoms with Gasteiger partial charge in [0.05, 0.1) is 23.1 Å². The van der Waals surface area contributed by atoms with Crippen LogP contribution in [0.5, 0.6) is 0 Å². The number of hydrogen-bond acceptors (Lipinski definition) is 6. The molecule has 0 saturated heterocycles. The van der Waals surface area contributed by atoms with Crippen molar-refractivity contribution >= 4 is 28.4 Å². The SMILES string of the molecule is CCc1cc(C(=O)NCCN(C)C)c2nccc(N3CCc4c(cc(Cn5ccnc5)cc4-c4cn(C)nc4C(F)(F)F)C3=O)c2c1. The monoisotopic (exact) mass is 644 g/mol. The fourth-order valence-electron chi connectivity index (χ4n) is 6.11. The van der Waals surface area contributed by atoms with Gasteiger partial charge in [0.25, 0.3) is 11.8 Å². The summed E-state index contributed by atoms with van der Waals surface area (Å²) in [5.41, 5.74) is 3.15. The van der Waals surface area contributed by atoms with Crippen LogP contribution in [0.1, 0.15) is 50.0 Å². The highest BCUT2D eigenvalue weighted by Crippen LogP contribution is 2.41. The van der Waals surface area contributed by atoms with Crippen molar-refractivity contribution in [3.63, 3.8) is 0 Å². The number of pyridine rings is 1. The summed E-state index contributed by atoms with van der Waals surface area (Å²) in [6.45, 7) is 3.65. The molecule has 6 rings (SSSR count). The number of fused-ring (bicyclic) bond motifs is 2. The molecule has 0 radical (unpaired) electrons. The number of nitrogens with one attached hydrogen (secondary N) is 1. The average molecular weight is 645 g/mol. The lowest BCUT2D eigenvalue weighted by Gasteiger charge is -2.31. The van der Waals surface area contributed by atoms with Crippen LogP contribution >= 0.6 is 0 Å². The molecule has 1 N–H and O–H groups in total. The van der Waals surface area contributed by atoms with Gasteiger partial charge in [-0.25, -0.2) is 4.98 Å². The molecule has 5 aromatic rings. The van der Waals surface area contributed by atoms with Crippen LogP contribution in [0.25, 0.3) is 22.0 Å². The first-order valence-electron chi connectivity index (χ1n) is 15.3. The molecule has 13 heteroatoms. The molecule has 244 valence electrons. The van der Waals surface area contributed by atoms with Gasteiger partial charge in [-0.15, -0.1) is 0 Å². The van der Waals surface area contributed by atoms with E-state index in [0.29, 0.717) is 76.9 Å². The topological polar surface area (TPSA) is 101 Å². The van der Waals surface area contributed by atoms with Crippen molar-refractivity contribution in [1.29, 1.82) is 0 Å². The van der Waals surface area contributed by atoms with Gasteiger partial charge in [-0.2, -0.15) is 18.3 Å². The number of amides is 2. The highest BCUT2D eigenvalue weighted by atomic mass is 19.4. The number of aryl methyl sites for hydroxylation is 2. The van der Waals surface area contributed by atoms with E-state index in [1.165, 1.54) is 13.2 Å². The summed E-state index contributed by atoms with van der Waals surface area (Å²) >= 11 is 0. The second-order valence-corrected chi connectivity index (χ2v) is 12.0. The lowest BCUT2D eigenvalue weighted by Crippen LogP contribution is -2.38. The summed E-state index contributed by atoms with van der Waals surface area (Å²) in [5.74, 6) is -0.596. The van der Waals surface area contributed by atoms with Crippen molar-refractivity contribution in [1.82, 2.24) is 34.5 Å². The maximum Gasteiger partial charge on any atom is 0.435 e. The zero-order chi connectivity index (χ0) is 33.5. The summed E-state index contributed by atoms with van der Waals surface area (Å²) in [4.78, 5) is 40.0. The molecule has 0 unspecified atom stereocenters. The third kappa shape index (κ3) is 6.35. The Labute approximate surface area is 269 Å². The fourth-order valence-corrected chi connectivity index (χ4v) is 6.11. The molecule has 0 spiro atoms. The number of rotatable bonds is 9. The largest absolute Gasteiger partial charge is 0.435 e. The molecule has 0 bridgehead atoms. The number of hydrogen-bond donors (Lipinski definition) is 1. The Hall–Kier alpha value is -5.04. The summed E-state index contributed by atoms with van der Waals surface area (Å²) in [6, 6.07) is 8.99. The van der Waals surface area contributed by atoms with Crippen LogP contribution in [0.15, 0.2) is 61.4 Å². The second kappa shape index (κ2) is 12.6. The highest BCUT2D eigenvalue weighted by molar-refractivity contribution is 6.15. The van der Waals surface area contributed by atoms with Gasteiger partial charge >= 0.3 is 6.18 Å². The molecule has 47 heavy (non-hydrogen) atoms. The van der Waals surface area contributed by atoms with Crippen molar-refractivity contribution in [2.75, 3.05) is 38.6 Å². The maximum atomic E-state index is 14.4. The molecule has 4 heterocycles. The molecular weight excluding hydrogens is 609 g/mol. The number of likely N-dealkylation sites (N-methyl/N-ethyl adjacent to an activating group) is 1. The van der Waals surface area contributed by atoms with Crippen LogP contribution in [0.2, 0.25) is 0 Å². The molecule has 3 aromatic heterocycles. The van der Waals surface area contributed by atoms with E-state index in [9.17, 15) is 22.8 Å². The molecule has 1 aliphatic heterocycles. The van der Waals surface area contributed by atoms with Crippen molar-refractivity contribution in [2.24, 2.45) is 7.05 Å². The van der Waals surface area contributed by atoms with Gasteiger partial charge in [-0.1, -0.05) is 6.92 Å². The predicted octanol–water partition coefficient (Wildman–Crippen LogP) is 4.96. The van der Waals surface area contributed by atoms with Crippen LogP contribution in [-0.4, -0.2) is 74.8 Å². The minimum absolute atomic E-state index is 0.0724. The third-order valence-electron chi connectivity index (χ3n) is 8.35. The first-order valence-corrected chi connectivity index (χ1v) is 15.3. The van der Waals surface area contributed by atoms with Crippen LogP contribution < -0.4 is 10.2 Å². The molecule has 2 amide bonds. The normalized spacial score (nSPS) is 13.4. The van der Waals surface area contributed by atoms with E-state index >= 15 is 0 Å². The number of carbonyl (C=O) groups excluding carboxylic acids is 2. The second-order valence-electron chi connectivity index (χ2n) is 12.0. The average Bonchev–Trinajstić information content (AvgIpc) is 3.69. The summed E-state index contributed by atoms with van der Waals surface area (Å²) in [7, 11) is 5.30. The van der Waals surface area contributed by atoms with Crippen molar-refractivity contribution < 1.29 is 22.8 Å². The Morgan fingerprint density at radius 1 is 1.06 bits per heavy atom. The minimum Gasteiger partial charge on any atom is -0.351 e. The molecule has 1 aliphatic rings. The summed E-state index contributed by atoms with van der Waals surface area (Å²) in [6.07, 6.45) is 4.19. The Kier molecular flexibility index (Phi) is 8.58. The zero-order valence-electron chi connectivity index (χ0n) is 26.6. The number of anilines is 1. The molecule has 0 aliphatic carbocycles. The molecular formula is C34H35F3N8O2. The van der Waals surface area contributed by atoms with Gasteiger partial charge in [0.1, 0.15) is 0 Å². The number of nitrogens with zero attached hydrogens (tertiary/aromatic N) is 7. The van der Waals surface area contributed by atoms with E-state index in [4.69, 9.17) is 0 Å². The van der Waals surface area contributed by atoms with Crippen molar-refractivity contribution in [3.05, 3.63) is 95.0 Å². The van der Waals surface area contributed by atoms with E-state index < -0.39 is 11.9 Å². The standard InChI is InChI=1S/C34H35F3N8O2/c1-5-21-14-26-29(6-8-39-30(26)27(15-21)32(46)40-10-12-42(2)3)45-11-7-23-24(28-19-43(4)41-31(28)34(35,36)37)16-22(17-25(23)33(45)47)18-44-13-9-38-20-44/h6,8-9,13-17,19-20H,5,7,10-12,18H2,1-4H3,(H,40,46).